The van der Waals surface area contributed by atoms with Crippen LogP contribution in [0.4, 0.5) is 8.78 Å². The van der Waals surface area contributed by atoms with Gasteiger partial charge < -0.3 is 18.9 Å². The van der Waals surface area contributed by atoms with Gasteiger partial charge in [0, 0.05) is 31.5 Å². The molecule has 1 heterocycles. The van der Waals surface area contributed by atoms with E-state index < -0.39 is 23.8 Å². The van der Waals surface area contributed by atoms with E-state index in [1.54, 1.807) is 6.92 Å². The summed E-state index contributed by atoms with van der Waals surface area (Å²) in [6, 6.07) is 2.45. The molecule has 0 radical (unpaired) electrons. The van der Waals surface area contributed by atoms with Gasteiger partial charge >= 0.3 is 0 Å². The first-order valence-corrected chi connectivity index (χ1v) is 11.4. The predicted molar refractivity (Wildman–Crippen MR) is 114 cm³/mol. The van der Waals surface area contributed by atoms with Crippen molar-refractivity contribution >= 4 is 0 Å². The molecule has 1 aromatic rings. The quantitative estimate of drug-likeness (QED) is 0.346. The minimum absolute atomic E-state index is 0.315. The second-order valence-corrected chi connectivity index (χ2v) is 8.02. The second-order valence-electron chi connectivity index (χ2n) is 8.02. The number of unbranched alkanes of at least 4 members (excludes halogenated alkanes) is 3. The maximum atomic E-state index is 14.7. The Balaban J connectivity index is 2.26. The van der Waals surface area contributed by atoms with Crippen LogP contribution in [-0.2, 0) is 18.9 Å². The van der Waals surface area contributed by atoms with E-state index in [1.807, 2.05) is 0 Å². The fraction of sp³-hybridized carbons (Fsp3) is 0.750. The van der Waals surface area contributed by atoms with Crippen LogP contribution in [0.5, 0.6) is 0 Å². The lowest BCUT2D eigenvalue weighted by Gasteiger charge is -2.25. The van der Waals surface area contributed by atoms with E-state index in [4.69, 9.17) is 18.9 Å². The first-order valence-electron chi connectivity index (χ1n) is 11.4. The molecule has 4 atom stereocenters. The Morgan fingerprint density at radius 1 is 0.833 bits per heavy atom. The average molecular weight is 429 g/mol. The van der Waals surface area contributed by atoms with E-state index in [2.05, 4.69) is 20.8 Å². The highest BCUT2D eigenvalue weighted by Crippen LogP contribution is 2.39. The fourth-order valence-corrected chi connectivity index (χ4v) is 3.57. The van der Waals surface area contributed by atoms with Crippen molar-refractivity contribution < 1.29 is 27.7 Å². The predicted octanol–water partition coefficient (Wildman–Crippen LogP) is 5.90. The molecule has 30 heavy (non-hydrogen) atoms. The fourth-order valence-electron chi connectivity index (χ4n) is 3.57. The number of hydrogen-bond donors (Lipinski definition) is 0. The van der Waals surface area contributed by atoms with Gasteiger partial charge in [0.1, 0.15) is 36.1 Å². The molecular weight excluding hydrogens is 390 g/mol. The number of benzene rings is 1. The first kappa shape index (κ1) is 25.2. The molecule has 0 spiro atoms. The van der Waals surface area contributed by atoms with Crippen LogP contribution in [0.25, 0.3) is 0 Å². The molecule has 0 saturated carbocycles. The smallest absolute Gasteiger partial charge is 0.132 e. The third-order valence-corrected chi connectivity index (χ3v) is 5.44. The summed E-state index contributed by atoms with van der Waals surface area (Å²) >= 11 is 0. The Labute approximate surface area is 180 Å². The Hall–Kier alpha value is -1.08. The minimum Gasteiger partial charge on any atom is -0.379 e. The highest BCUT2D eigenvalue weighted by molar-refractivity contribution is 5.29. The molecular formula is C24H38F2O4. The number of hydrogen-bond acceptors (Lipinski definition) is 4. The van der Waals surface area contributed by atoms with Gasteiger partial charge in [-0.25, -0.2) is 8.78 Å². The van der Waals surface area contributed by atoms with Crippen LogP contribution >= 0.6 is 0 Å². The molecule has 6 heteroatoms. The molecule has 1 aromatic carbocycles. The molecule has 172 valence electrons. The van der Waals surface area contributed by atoms with Crippen molar-refractivity contribution in [3.63, 3.8) is 0 Å². The van der Waals surface area contributed by atoms with E-state index in [-0.39, 0.29) is 12.2 Å². The summed E-state index contributed by atoms with van der Waals surface area (Å²) in [5, 5.41) is 0. The summed E-state index contributed by atoms with van der Waals surface area (Å²) in [4.78, 5) is 0. The van der Waals surface area contributed by atoms with Gasteiger partial charge in [0.05, 0.1) is 6.61 Å². The molecule has 2 unspecified atom stereocenters. The van der Waals surface area contributed by atoms with Crippen molar-refractivity contribution in [3.8, 4) is 0 Å². The first-order chi connectivity index (χ1) is 14.5. The molecule has 0 amide bonds. The van der Waals surface area contributed by atoms with Gasteiger partial charge in [0.15, 0.2) is 0 Å². The molecule has 4 nitrogen and oxygen atoms in total. The Bertz CT molecular complexity index is 625. The van der Waals surface area contributed by atoms with Crippen LogP contribution in [0.1, 0.15) is 76.5 Å². The highest BCUT2D eigenvalue weighted by Gasteiger charge is 2.47. The van der Waals surface area contributed by atoms with Crippen molar-refractivity contribution in [1.82, 2.24) is 0 Å². The molecule has 2 rings (SSSR count). The minimum atomic E-state index is -0.660. The van der Waals surface area contributed by atoms with Gasteiger partial charge in [0.2, 0.25) is 0 Å². The van der Waals surface area contributed by atoms with E-state index in [1.165, 1.54) is 6.07 Å². The molecule has 1 fully saturated rings. The van der Waals surface area contributed by atoms with Crippen LogP contribution in [0, 0.1) is 18.6 Å². The van der Waals surface area contributed by atoms with Crippen molar-refractivity contribution in [2.24, 2.45) is 0 Å². The van der Waals surface area contributed by atoms with E-state index in [9.17, 15) is 8.78 Å². The molecule has 1 aliphatic rings. The number of aryl methyl sites for hydroxylation is 1. The van der Waals surface area contributed by atoms with Crippen molar-refractivity contribution in [3.05, 3.63) is 34.9 Å². The van der Waals surface area contributed by atoms with Gasteiger partial charge in [-0.3, -0.25) is 0 Å². The zero-order valence-electron chi connectivity index (χ0n) is 18.9. The zero-order chi connectivity index (χ0) is 21.9. The third kappa shape index (κ3) is 6.98. The molecule has 1 aliphatic heterocycles. The summed E-state index contributed by atoms with van der Waals surface area (Å²) in [5.41, 5.74) is 0.698. The van der Waals surface area contributed by atoms with Crippen molar-refractivity contribution in [2.75, 3.05) is 26.4 Å². The van der Waals surface area contributed by atoms with Gasteiger partial charge in [-0.15, -0.1) is 0 Å². The standard InChI is InChI=1S/C24H38F2O4/c1-5-8-11-27-16-21-23(28-12-9-6-2)24(29-13-10-7-3)22(30-21)18-14-17(4)19(25)15-20(18)26/h14-15,21-24H,5-13,16H2,1-4H3/t21-,22+,23?,24?/m1/s1. The average Bonchev–Trinajstić information content (AvgIpc) is 3.06. The Morgan fingerprint density at radius 3 is 2.07 bits per heavy atom. The summed E-state index contributed by atoms with van der Waals surface area (Å²) in [6.07, 6.45) is 4.01. The SMILES string of the molecule is CCCCOC[C@H]1O[C@@H](c2cc(C)c(F)cc2F)C(OCCCC)C1OCCCC. The van der Waals surface area contributed by atoms with Crippen LogP contribution < -0.4 is 0 Å². The van der Waals surface area contributed by atoms with E-state index >= 15 is 0 Å². The monoisotopic (exact) mass is 428 g/mol. The van der Waals surface area contributed by atoms with Gasteiger partial charge in [0.25, 0.3) is 0 Å². The summed E-state index contributed by atoms with van der Waals surface area (Å²) in [6.45, 7) is 10.1. The van der Waals surface area contributed by atoms with Crippen molar-refractivity contribution in [1.29, 1.82) is 0 Å². The van der Waals surface area contributed by atoms with Crippen LogP contribution in [-0.4, -0.2) is 44.7 Å². The molecule has 0 bridgehead atoms. The molecule has 0 aromatic heterocycles. The maximum absolute atomic E-state index is 14.7. The molecule has 0 aliphatic carbocycles. The molecule has 1 saturated heterocycles. The highest BCUT2D eigenvalue weighted by atomic mass is 19.1. The van der Waals surface area contributed by atoms with Crippen LogP contribution in [0.3, 0.4) is 0 Å². The van der Waals surface area contributed by atoms with Crippen molar-refractivity contribution in [2.45, 2.75) is 90.6 Å². The topological polar surface area (TPSA) is 36.9 Å². The van der Waals surface area contributed by atoms with Crippen LogP contribution in [0.2, 0.25) is 0 Å². The Morgan fingerprint density at radius 2 is 1.43 bits per heavy atom. The third-order valence-electron chi connectivity index (χ3n) is 5.44. The van der Waals surface area contributed by atoms with E-state index in [0.717, 1.165) is 44.6 Å². The van der Waals surface area contributed by atoms with Gasteiger partial charge in [-0.05, 0) is 37.8 Å². The maximum Gasteiger partial charge on any atom is 0.132 e. The number of halogens is 2. The second kappa shape index (κ2) is 13.4. The summed E-state index contributed by atoms with van der Waals surface area (Å²) in [5.74, 6) is -1.18. The molecule has 0 N–H and O–H groups in total. The number of rotatable bonds is 14. The number of ether oxygens (including phenoxy) is 4. The largest absolute Gasteiger partial charge is 0.379 e. The van der Waals surface area contributed by atoms with Gasteiger partial charge in [-0.1, -0.05) is 40.0 Å². The zero-order valence-corrected chi connectivity index (χ0v) is 18.9. The lowest BCUT2D eigenvalue weighted by atomic mass is 9.98. The lowest BCUT2D eigenvalue weighted by Crippen LogP contribution is -2.38. The lowest BCUT2D eigenvalue weighted by molar-refractivity contribution is -0.0795. The Kier molecular flexibility index (Phi) is 11.2. The van der Waals surface area contributed by atoms with Gasteiger partial charge in [-0.2, -0.15) is 0 Å². The van der Waals surface area contributed by atoms with Crippen LogP contribution in [0.15, 0.2) is 12.1 Å². The summed E-state index contributed by atoms with van der Waals surface area (Å²) in [7, 11) is 0. The summed E-state index contributed by atoms with van der Waals surface area (Å²) < 4.78 is 53.0. The normalized spacial score (nSPS) is 23.9. The van der Waals surface area contributed by atoms with E-state index in [0.29, 0.717) is 37.6 Å².